The Morgan fingerprint density at radius 2 is 1.95 bits per heavy atom. The van der Waals surface area contributed by atoms with Crippen LogP contribution in [0.1, 0.15) is 37.7 Å². The predicted molar refractivity (Wildman–Crippen MR) is 84.2 cm³/mol. The Morgan fingerprint density at radius 3 is 2.63 bits per heavy atom. The van der Waals surface area contributed by atoms with Crippen LogP contribution in [0.2, 0.25) is 5.02 Å². The molecule has 5 heteroatoms. The normalized spacial score (nSPS) is 9.84. The number of nitrogens with two attached hydrogens (primary N) is 1. The average molecular weight is 305 g/mol. The summed E-state index contributed by atoms with van der Waals surface area (Å²) >= 11 is 6.00. The minimum absolute atomic E-state index is 0. The number of rotatable bonds is 7. The first-order chi connectivity index (χ1) is 8.65. The molecular formula is C14H22Cl2N2O. The SMILES string of the molecule is Cc1c(Cl)cccc1NC(=O)CCCCCCN.Cl. The van der Waals surface area contributed by atoms with Gasteiger partial charge in [-0.05, 0) is 44.0 Å². The van der Waals surface area contributed by atoms with Gasteiger partial charge in [-0.1, -0.05) is 30.5 Å². The van der Waals surface area contributed by atoms with Gasteiger partial charge in [-0.3, -0.25) is 4.79 Å². The van der Waals surface area contributed by atoms with Crippen molar-refractivity contribution in [2.45, 2.75) is 39.0 Å². The van der Waals surface area contributed by atoms with Crippen molar-refractivity contribution in [2.24, 2.45) is 5.73 Å². The lowest BCUT2D eigenvalue weighted by Crippen LogP contribution is -2.12. The second-order valence-corrected chi connectivity index (χ2v) is 4.82. The van der Waals surface area contributed by atoms with E-state index < -0.39 is 0 Å². The minimum atomic E-state index is 0. The summed E-state index contributed by atoms with van der Waals surface area (Å²) in [5.74, 6) is 0.0492. The molecule has 0 atom stereocenters. The van der Waals surface area contributed by atoms with Gasteiger partial charge in [0.15, 0.2) is 0 Å². The summed E-state index contributed by atoms with van der Waals surface area (Å²) in [5, 5.41) is 3.57. The molecule has 19 heavy (non-hydrogen) atoms. The number of carbonyl (C=O) groups is 1. The Kier molecular flexibility index (Phi) is 9.66. The van der Waals surface area contributed by atoms with Crippen molar-refractivity contribution in [2.75, 3.05) is 11.9 Å². The summed E-state index contributed by atoms with van der Waals surface area (Å²) in [5.41, 5.74) is 7.12. The maximum atomic E-state index is 11.7. The van der Waals surface area contributed by atoms with Crippen molar-refractivity contribution in [3.63, 3.8) is 0 Å². The molecule has 0 aliphatic heterocycles. The molecule has 0 fully saturated rings. The van der Waals surface area contributed by atoms with Gasteiger partial charge in [0.25, 0.3) is 0 Å². The monoisotopic (exact) mass is 304 g/mol. The molecule has 0 unspecified atom stereocenters. The molecule has 0 spiro atoms. The molecule has 3 nitrogen and oxygen atoms in total. The fourth-order valence-electron chi connectivity index (χ4n) is 1.74. The number of hydrogen-bond acceptors (Lipinski definition) is 2. The van der Waals surface area contributed by atoms with E-state index in [9.17, 15) is 4.79 Å². The smallest absolute Gasteiger partial charge is 0.224 e. The second kappa shape index (κ2) is 10.1. The molecule has 1 aromatic carbocycles. The molecular weight excluding hydrogens is 283 g/mol. The van der Waals surface area contributed by atoms with E-state index >= 15 is 0 Å². The molecule has 0 saturated carbocycles. The van der Waals surface area contributed by atoms with Crippen LogP contribution >= 0.6 is 24.0 Å². The van der Waals surface area contributed by atoms with Crippen LogP contribution in [0.5, 0.6) is 0 Å². The Balaban J connectivity index is 0.00000324. The fourth-order valence-corrected chi connectivity index (χ4v) is 1.91. The number of hydrogen-bond donors (Lipinski definition) is 2. The van der Waals surface area contributed by atoms with Gasteiger partial charge >= 0.3 is 0 Å². The van der Waals surface area contributed by atoms with Crippen molar-refractivity contribution in [3.05, 3.63) is 28.8 Å². The summed E-state index contributed by atoms with van der Waals surface area (Å²) in [6, 6.07) is 5.53. The van der Waals surface area contributed by atoms with Gasteiger partial charge in [-0.2, -0.15) is 0 Å². The lowest BCUT2D eigenvalue weighted by molar-refractivity contribution is -0.116. The van der Waals surface area contributed by atoms with Crippen molar-refractivity contribution in [1.82, 2.24) is 0 Å². The van der Waals surface area contributed by atoms with Crippen LogP contribution in [0.4, 0.5) is 5.69 Å². The third kappa shape index (κ3) is 6.81. The van der Waals surface area contributed by atoms with E-state index in [1.165, 1.54) is 0 Å². The van der Waals surface area contributed by atoms with Gasteiger partial charge in [0, 0.05) is 17.1 Å². The van der Waals surface area contributed by atoms with Gasteiger partial charge in [-0.15, -0.1) is 12.4 Å². The Hall–Kier alpha value is -0.770. The Labute approximate surface area is 126 Å². The zero-order valence-electron chi connectivity index (χ0n) is 11.2. The molecule has 1 aromatic rings. The molecule has 0 bridgehead atoms. The standard InChI is InChI=1S/C14H21ClN2O.ClH/c1-11-12(15)7-6-8-13(11)17-14(18)9-4-2-3-5-10-16;/h6-8H,2-5,9-10,16H2,1H3,(H,17,18);1H. The lowest BCUT2D eigenvalue weighted by atomic mass is 10.1. The summed E-state index contributed by atoms with van der Waals surface area (Å²) in [7, 11) is 0. The molecule has 0 heterocycles. The van der Waals surface area contributed by atoms with E-state index in [2.05, 4.69) is 5.32 Å². The summed E-state index contributed by atoms with van der Waals surface area (Å²) < 4.78 is 0. The number of benzene rings is 1. The molecule has 0 radical (unpaired) electrons. The lowest BCUT2D eigenvalue weighted by Gasteiger charge is -2.09. The first-order valence-corrected chi connectivity index (χ1v) is 6.78. The van der Waals surface area contributed by atoms with Crippen molar-refractivity contribution >= 4 is 35.6 Å². The number of halogens is 2. The maximum absolute atomic E-state index is 11.7. The Bertz CT molecular complexity index is 397. The van der Waals surface area contributed by atoms with E-state index in [-0.39, 0.29) is 18.3 Å². The molecule has 1 amide bonds. The van der Waals surface area contributed by atoms with E-state index in [0.29, 0.717) is 11.4 Å². The first-order valence-electron chi connectivity index (χ1n) is 6.40. The zero-order chi connectivity index (χ0) is 13.4. The van der Waals surface area contributed by atoms with Gasteiger partial charge in [0.1, 0.15) is 0 Å². The number of nitrogens with one attached hydrogen (secondary N) is 1. The predicted octanol–water partition coefficient (Wildman–Crippen LogP) is 3.92. The van der Waals surface area contributed by atoms with Crippen molar-refractivity contribution in [3.8, 4) is 0 Å². The first kappa shape index (κ1) is 18.2. The van der Waals surface area contributed by atoms with Gasteiger partial charge in [0.05, 0.1) is 0 Å². The van der Waals surface area contributed by atoms with Crippen LogP contribution in [-0.4, -0.2) is 12.5 Å². The van der Waals surface area contributed by atoms with E-state index in [4.69, 9.17) is 17.3 Å². The van der Waals surface area contributed by atoms with Gasteiger partial charge < -0.3 is 11.1 Å². The van der Waals surface area contributed by atoms with E-state index in [1.807, 2.05) is 25.1 Å². The topological polar surface area (TPSA) is 55.1 Å². The van der Waals surface area contributed by atoms with Crippen LogP contribution in [0.3, 0.4) is 0 Å². The maximum Gasteiger partial charge on any atom is 0.224 e. The quantitative estimate of drug-likeness (QED) is 0.750. The zero-order valence-corrected chi connectivity index (χ0v) is 12.8. The fraction of sp³-hybridized carbons (Fsp3) is 0.500. The highest BCUT2D eigenvalue weighted by molar-refractivity contribution is 6.31. The summed E-state index contributed by atoms with van der Waals surface area (Å²) in [4.78, 5) is 11.7. The second-order valence-electron chi connectivity index (χ2n) is 4.41. The highest BCUT2D eigenvalue weighted by Gasteiger charge is 2.06. The molecule has 0 aliphatic carbocycles. The third-order valence-electron chi connectivity index (χ3n) is 2.90. The molecule has 0 aromatic heterocycles. The summed E-state index contributed by atoms with van der Waals surface area (Å²) in [6.07, 6.45) is 4.65. The highest BCUT2D eigenvalue weighted by atomic mass is 35.5. The van der Waals surface area contributed by atoms with Crippen LogP contribution < -0.4 is 11.1 Å². The molecule has 108 valence electrons. The average Bonchev–Trinajstić information content (AvgIpc) is 2.35. The van der Waals surface area contributed by atoms with Crippen LogP contribution in [0, 0.1) is 6.92 Å². The highest BCUT2D eigenvalue weighted by Crippen LogP contribution is 2.23. The molecule has 0 aliphatic rings. The largest absolute Gasteiger partial charge is 0.330 e. The third-order valence-corrected chi connectivity index (χ3v) is 3.31. The van der Waals surface area contributed by atoms with Crippen LogP contribution in [0.15, 0.2) is 18.2 Å². The molecule has 3 N–H and O–H groups in total. The molecule has 1 rings (SSSR count). The number of unbranched alkanes of at least 4 members (excludes halogenated alkanes) is 3. The van der Waals surface area contributed by atoms with Crippen LogP contribution in [-0.2, 0) is 4.79 Å². The number of amides is 1. The number of anilines is 1. The van der Waals surface area contributed by atoms with Crippen molar-refractivity contribution < 1.29 is 4.79 Å². The van der Waals surface area contributed by atoms with Crippen molar-refractivity contribution in [1.29, 1.82) is 0 Å². The van der Waals surface area contributed by atoms with Crippen LogP contribution in [0.25, 0.3) is 0 Å². The van der Waals surface area contributed by atoms with Gasteiger partial charge in [-0.25, -0.2) is 0 Å². The molecule has 0 saturated heterocycles. The minimum Gasteiger partial charge on any atom is -0.330 e. The number of carbonyl (C=O) groups excluding carboxylic acids is 1. The Morgan fingerprint density at radius 1 is 1.26 bits per heavy atom. The van der Waals surface area contributed by atoms with Gasteiger partial charge in [0.2, 0.25) is 5.91 Å². The van der Waals surface area contributed by atoms with E-state index in [0.717, 1.165) is 43.5 Å². The van der Waals surface area contributed by atoms with E-state index in [1.54, 1.807) is 0 Å². The summed E-state index contributed by atoms with van der Waals surface area (Å²) in [6.45, 7) is 2.63.